The molecule has 0 radical (unpaired) electrons. The molecule has 0 atom stereocenters. The smallest absolute Gasteiger partial charge is 0.241 e. The average Bonchev–Trinajstić information content (AvgIpc) is 3.64. The largest absolute Gasteiger partial charge is 0.262 e. The van der Waals surface area contributed by atoms with Gasteiger partial charge in [0.1, 0.15) is 17.0 Å². The SMILES string of the molecule is c1ccc2c(c1)ccc1ccc(-c3nc(-n4c5ccccc5c5cccnc54)nc(-n4c5ccccc5c5cccnc54)n3)nc12. The van der Waals surface area contributed by atoms with Crippen LogP contribution in [0.2, 0.25) is 0 Å². The summed E-state index contributed by atoms with van der Waals surface area (Å²) in [6.07, 6.45) is 3.60. The van der Waals surface area contributed by atoms with Crippen LogP contribution in [-0.2, 0) is 0 Å². The molecule has 0 fully saturated rings. The number of pyridine rings is 3. The maximum Gasteiger partial charge on any atom is 0.241 e. The van der Waals surface area contributed by atoms with Crippen LogP contribution >= 0.6 is 0 Å². The van der Waals surface area contributed by atoms with Crippen molar-refractivity contribution in [2.75, 3.05) is 0 Å². The highest BCUT2D eigenvalue weighted by atomic mass is 15.3. The monoisotopic (exact) mass is 590 g/mol. The molecule has 0 aliphatic carbocycles. The molecule has 10 aromatic rings. The van der Waals surface area contributed by atoms with Crippen LogP contribution in [0.1, 0.15) is 0 Å². The van der Waals surface area contributed by atoms with Gasteiger partial charge in [0.25, 0.3) is 0 Å². The van der Waals surface area contributed by atoms with Crippen molar-refractivity contribution in [3.63, 3.8) is 0 Å². The van der Waals surface area contributed by atoms with E-state index in [0.717, 1.165) is 65.5 Å². The molecule has 0 saturated heterocycles. The van der Waals surface area contributed by atoms with Crippen LogP contribution in [0, 0.1) is 0 Å². The summed E-state index contributed by atoms with van der Waals surface area (Å²) >= 11 is 0. The van der Waals surface area contributed by atoms with Gasteiger partial charge in [-0.05, 0) is 47.9 Å². The number of aromatic nitrogens is 8. The minimum Gasteiger partial charge on any atom is -0.262 e. The summed E-state index contributed by atoms with van der Waals surface area (Å²) in [5.74, 6) is 1.36. The van der Waals surface area contributed by atoms with E-state index in [2.05, 4.69) is 66.7 Å². The minimum absolute atomic E-state index is 0.451. The van der Waals surface area contributed by atoms with E-state index in [0.29, 0.717) is 23.4 Å². The number of rotatable bonds is 3. The second-order valence-electron chi connectivity index (χ2n) is 11.3. The third-order valence-electron chi connectivity index (χ3n) is 8.69. The number of nitrogens with zero attached hydrogens (tertiary/aromatic N) is 8. The third kappa shape index (κ3) is 3.55. The van der Waals surface area contributed by atoms with Crippen LogP contribution in [0.5, 0.6) is 0 Å². The van der Waals surface area contributed by atoms with Crippen LogP contribution in [0.25, 0.3) is 89.0 Å². The first-order valence-corrected chi connectivity index (χ1v) is 15.1. The van der Waals surface area contributed by atoms with Gasteiger partial charge in [0.2, 0.25) is 11.9 Å². The quantitative estimate of drug-likeness (QED) is 0.193. The summed E-state index contributed by atoms with van der Waals surface area (Å²) in [5.41, 5.74) is 5.00. The molecule has 10 rings (SSSR count). The summed E-state index contributed by atoms with van der Waals surface area (Å²) in [6, 6.07) is 41.1. The van der Waals surface area contributed by atoms with Gasteiger partial charge in [0, 0.05) is 44.7 Å². The van der Waals surface area contributed by atoms with Crippen LogP contribution in [-0.4, -0.2) is 39.0 Å². The molecule has 0 spiro atoms. The fourth-order valence-corrected chi connectivity index (χ4v) is 6.65. The fourth-order valence-electron chi connectivity index (χ4n) is 6.65. The van der Waals surface area contributed by atoms with Gasteiger partial charge in [-0.2, -0.15) is 15.0 Å². The number of hydrogen-bond donors (Lipinski definition) is 0. The predicted octanol–water partition coefficient (Wildman–Crippen LogP) is 8.22. The Morgan fingerprint density at radius 3 is 1.57 bits per heavy atom. The van der Waals surface area contributed by atoms with Crippen molar-refractivity contribution in [2.24, 2.45) is 0 Å². The molecule has 8 heteroatoms. The van der Waals surface area contributed by atoms with E-state index < -0.39 is 0 Å². The Labute approximate surface area is 261 Å². The molecule has 8 nitrogen and oxygen atoms in total. The van der Waals surface area contributed by atoms with Gasteiger partial charge in [0.05, 0.1) is 16.6 Å². The Kier molecular flexibility index (Phi) is 5.12. The lowest BCUT2D eigenvalue weighted by molar-refractivity contribution is 0.881. The molecule has 0 saturated carbocycles. The van der Waals surface area contributed by atoms with Gasteiger partial charge in [-0.3, -0.25) is 9.13 Å². The van der Waals surface area contributed by atoms with Crippen molar-refractivity contribution in [3.05, 3.63) is 134 Å². The van der Waals surface area contributed by atoms with Gasteiger partial charge in [-0.25, -0.2) is 15.0 Å². The molecule has 0 unspecified atom stereocenters. The minimum atomic E-state index is 0.451. The van der Waals surface area contributed by atoms with Crippen molar-refractivity contribution in [3.8, 4) is 23.4 Å². The standard InChI is InChI=1S/C38H22N8/c1-2-10-25-23(9-1)17-18-24-19-20-30(41-33(24)25)34-42-37(45-31-15-5-3-11-26(31)28-13-7-21-39-35(28)45)44-38(43-34)46-32-16-6-4-12-27(32)29-14-8-22-40-36(29)46/h1-22H. The van der Waals surface area contributed by atoms with Crippen LogP contribution < -0.4 is 0 Å². The Bertz CT molecular complexity index is 2590. The zero-order chi connectivity index (χ0) is 30.2. The van der Waals surface area contributed by atoms with Crippen molar-refractivity contribution < 1.29 is 0 Å². The second kappa shape index (κ2) is 9.48. The molecular weight excluding hydrogens is 568 g/mol. The average molecular weight is 591 g/mol. The van der Waals surface area contributed by atoms with Crippen LogP contribution in [0.15, 0.2) is 134 Å². The fraction of sp³-hybridized carbons (Fsp3) is 0. The molecule has 0 aliphatic heterocycles. The summed E-state index contributed by atoms with van der Waals surface area (Å²) in [4.78, 5) is 30.1. The lowest BCUT2D eigenvalue weighted by Crippen LogP contribution is -2.11. The molecule has 6 heterocycles. The lowest BCUT2D eigenvalue weighted by atomic mass is 10.1. The highest BCUT2D eigenvalue weighted by Crippen LogP contribution is 2.33. The van der Waals surface area contributed by atoms with Gasteiger partial charge in [0.15, 0.2) is 5.82 Å². The Morgan fingerprint density at radius 2 is 0.913 bits per heavy atom. The molecule has 0 N–H and O–H groups in total. The molecule has 0 bridgehead atoms. The van der Waals surface area contributed by atoms with Gasteiger partial charge >= 0.3 is 0 Å². The Morgan fingerprint density at radius 1 is 0.391 bits per heavy atom. The maximum absolute atomic E-state index is 5.17. The third-order valence-corrected chi connectivity index (χ3v) is 8.69. The van der Waals surface area contributed by atoms with E-state index in [1.807, 2.05) is 63.7 Å². The lowest BCUT2D eigenvalue weighted by Gasteiger charge is -2.12. The summed E-state index contributed by atoms with van der Waals surface area (Å²) in [6.45, 7) is 0. The molecule has 4 aromatic carbocycles. The van der Waals surface area contributed by atoms with E-state index in [4.69, 9.17) is 29.9 Å². The normalized spacial score (nSPS) is 11.9. The summed E-state index contributed by atoms with van der Waals surface area (Å²) in [7, 11) is 0. The molecule has 0 amide bonds. The van der Waals surface area contributed by atoms with Crippen molar-refractivity contribution >= 4 is 65.5 Å². The number of benzene rings is 4. The second-order valence-corrected chi connectivity index (χ2v) is 11.3. The molecule has 46 heavy (non-hydrogen) atoms. The van der Waals surface area contributed by atoms with Crippen LogP contribution in [0.3, 0.4) is 0 Å². The highest BCUT2D eigenvalue weighted by molar-refractivity contribution is 6.09. The highest BCUT2D eigenvalue weighted by Gasteiger charge is 2.21. The van der Waals surface area contributed by atoms with Gasteiger partial charge in [-0.15, -0.1) is 0 Å². The van der Waals surface area contributed by atoms with E-state index in [1.54, 1.807) is 12.4 Å². The molecule has 6 aromatic heterocycles. The van der Waals surface area contributed by atoms with E-state index >= 15 is 0 Å². The number of hydrogen-bond acceptors (Lipinski definition) is 6. The van der Waals surface area contributed by atoms with Crippen molar-refractivity contribution in [2.45, 2.75) is 0 Å². The summed E-state index contributed by atoms with van der Waals surface area (Å²) < 4.78 is 4.02. The zero-order valence-corrected chi connectivity index (χ0v) is 24.3. The predicted molar refractivity (Wildman–Crippen MR) is 182 cm³/mol. The van der Waals surface area contributed by atoms with Gasteiger partial charge < -0.3 is 0 Å². The van der Waals surface area contributed by atoms with E-state index in [1.165, 1.54) is 0 Å². The molecule has 214 valence electrons. The number of fused-ring (bicyclic) bond motifs is 9. The van der Waals surface area contributed by atoms with Crippen molar-refractivity contribution in [1.29, 1.82) is 0 Å². The Hall–Kier alpha value is -6.54. The van der Waals surface area contributed by atoms with Gasteiger partial charge in [-0.1, -0.05) is 78.9 Å². The first kappa shape index (κ1) is 24.9. The van der Waals surface area contributed by atoms with E-state index in [-0.39, 0.29) is 0 Å². The van der Waals surface area contributed by atoms with Crippen LogP contribution in [0.4, 0.5) is 0 Å². The van der Waals surface area contributed by atoms with E-state index in [9.17, 15) is 0 Å². The first-order valence-electron chi connectivity index (χ1n) is 15.1. The number of para-hydroxylation sites is 2. The maximum atomic E-state index is 5.17. The topological polar surface area (TPSA) is 87.2 Å². The van der Waals surface area contributed by atoms with Crippen molar-refractivity contribution in [1.82, 2.24) is 39.0 Å². The Balaban J connectivity index is 1.32. The summed E-state index contributed by atoms with van der Waals surface area (Å²) in [5, 5.41) is 7.45. The molecular formula is C38H22N8. The zero-order valence-electron chi connectivity index (χ0n) is 24.3. The first-order chi connectivity index (χ1) is 22.8. The molecule has 0 aliphatic rings.